The third kappa shape index (κ3) is 2.98. The van der Waals surface area contributed by atoms with Gasteiger partial charge in [-0.1, -0.05) is 18.2 Å². The highest BCUT2D eigenvalue weighted by atomic mass is 16.4. The first-order valence-corrected chi connectivity index (χ1v) is 7.66. The predicted molar refractivity (Wildman–Crippen MR) is 81.8 cm³/mol. The van der Waals surface area contributed by atoms with Gasteiger partial charge in [0, 0.05) is 24.4 Å². The van der Waals surface area contributed by atoms with Crippen molar-refractivity contribution in [2.45, 2.75) is 38.1 Å². The molecular formula is C17H19NO4. The quantitative estimate of drug-likeness (QED) is 0.940. The zero-order valence-electron chi connectivity index (χ0n) is 12.3. The Hall–Kier alpha value is -2.30. The van der Waals surface area contributed by atoms with Crippen LogP contribution in [0.25, 0.3) is 11.0 Å². The van der Waals surface area contributed by atoms with Gasteiger partial charge < -0.3 is 14.4 Å². The number of piperidine rings is 1. The second-order valence-electron chi connectivity index (χ2n) is 5.73. The van der Waals surface area contributed by atoms with Gasteiger partial charge in [0.1, 0.15) is 5.58 Å². The largest absolute Gasteiger partial charge is 0.481 e. The number of nitrogens with zero attached hydrogens (tertiary/aromatic N) is 1. The number of carbonyl (C=O) groups is 2. The van der Waals surface area contributed by atoms with Crippen molar-refractivity contribution >= 4 is 22.8 Å². The smallest absolute Gasteiger partial charge is 0.303 e. The Kier molecular flexibility index (Phi) is 4.13. The molecule has 5 nitrogen and oxygen atoms in total. The molecule has 1 aromatic carbocycles. The summed E-state index contributed by atoms with van der Waals surface area (Å²) in [6.45, 7) is 0.667. The van der Waals surface area contributed by atoms with E-state index >= 15 is 0 Å². The molecule has 0 unspecified atom stereocenters. The van der Waals surface area contributed by atoms with Gasteiger partial charge in [-0.05, 0) is 37.8 Å². The fraction of sp³-hybridized carbons (Fsp3) is 0.412. The van der Waals surface area contributed by atoms with Gasteiger partial charge in [-0.25, -0.2) is 0 Å². The number of carboxylic acid groups (broad SMARTS) is 1. The molecule has 1 fully saturated rings. The number of hydrogen-bond acceptors (Lipinski definition) is 3. The van der Waals surface area contributed by atoms with E-state index in [2.05, 4.69) is 0 Å². The highest BCUT2D eigenvalue weighted by molar-refractivity contribution is 5.96. The molecular weight excluding hydrogens is 282 g/mol. The molecule has 5 heteroatoms. The summed E-state index contributed by atoms with van der Waals surface area (Å²) in [6.07, 6.45) is 3.44. The summed E-state index contributed by atoms with van der Waals surface area (Å²) in [6, 6.07) is 9.28. The van der Waals surface area contributed by atoms with Crippen LogP contribution >= 0.6 is 0 Å². The standard InChI is InChI=1S/C17H19NO4/c19-16(20)9-8-13-6-3-4-10-18(13)17(21)15-11-12-5-1-2-7-14(12)22-15/h1-2,5,7,11,13H,3-4,6,8-10H2,(H,19,20)/t13-/m1/s1. The van der Waals surface area contributed by atoms with Gasteiger partial charge >= 0.3 is 5.97 Å². The van der Waals surface area contributed by atoms with Crippen molar-refractivity contribution in [3.63, 3.8) is 0 Å². The van der Waals surface area contributed by atoms with Crippen LogP contribution in [0.2, 0.25) is 0 Å². The summed E-state index contributed by atoms with van der Waals surface area (Å²) in [5.74, 6) is -0.614. The molecule has 2 aromatic rings. The van der Waals surface area contributed by atoms with Crippen molar-refractivity contribution < 1.29 is 19.1 Å². The number of aliphatic carboxylic acids is 1. The number of benzene rings is 1. The van der Waals surface area contributed by atoms with Crippen LogP contribution in [0.15, 0.2) is 34.7 Å². The molecule has 22 heavy (non-hydrogen) atoms. The Labute approximate surface area is 128 Å². The lowest BCUT2D eigenvalue weighted by molar-refractivity contribution is -0.137. The first-order valence-electron chi connectivity index (χ1n) is 7.66. The summed E-state index contributed by atoms with van der Waals surface area (Å²) >= 11 is 0. The molecule has 0 radical (unpaired) electrons. The first-order chi connectivity index (χ1) is 10.6. The zero-order chi connectivity index (χ0) is 15.5. The SMILES string of the molecule is O=C(O)CC[C@H]1CCCCN1C(=O)c1cc2ccccc2o1. The third-order valence-electron chi connectivity index (χ3n) is 4.22. The minimum absolute atomic E-state index is 0.00874. The van der Waals surface area contributed by atoms with Crippen LogP contribution in [-0.2, 0) is 4.79 Å². The minimum Gasteiger partial charge on any atom is -0.481 e. The van der Waals surface area contributed by atoms with Gasteiger partial charge in [0.2, 0.25) is 0 Å². The topological polar surface area (TPSA) is 70.8 Å². The van der Waals surface area contributed by atoms with Crippen molar-refractivity contribution in [2.24, 2.45) is 0 Å². The molecule has 1 aliphatic heterocycles. The maximum absolute atomic E-state index is 12.7. The lowest BCUT2D eigenvalue weighted by Gasteiger charge is -2.35. The summed E-state index contributed by atoms with van der Waals surface area (Å²) in [4.78, 5) is 25.3. The second-order valence-corrected chi connectivity index (χ2v) is 5.73. The summed E-state index contributed by atoms with van der Waals surface area (Å²) in [7, 11) is 0. The predicted octanol–water partition coefficient (Wildman–Crippen LogP) is 3.29. The van der Waals surface area contributed by atoms with Crippen molar-refractivity contribution in [1.29, 1.82) is 0 Å². The van der Waals surface area contributed by atoms with Crippen molar-refractivity contribution in [1.82, 2.24) is 4.90 Å². The second kappa shape index (κ2) is 6.22. The normalized spacial score (nSPS) is 18.5. The number of likely N-dealkylation sites (tertiary alicyclic amines) is 1. The molecule has 1 aromatic heterocycles. The molecule has 1 saturated heterocycles. The van der Waals surface area contributed by atoms with E-state index < -0.39 is 5.97 Å². The summed E-state index contributed by atoms with van der Waals surface area (Å²) in [5, 5.41) is 9.77. The number of furan rings is 1. The van der Waals surface area contributed by atoms with Gasteiger partial charge in [0.25, 0.3) is 5.91 Å². The molecule has 2 heterocycles. The van der Waals surface area contributed by atoms with Crippen LogP contribution in [0.4, 0.5) is 0 Å². The fourth-order valence-corrected chi connectivity index (χ4v) is 3.09. The van der Waals surface area contributed by atoms with Crippen LogP contribution < -0.4 is 0 Å². The number of hydrogen-bond donors (Lipinski definition) is 1. The molecule has 0 aliphatic carbocycles. The maximum Gasteiger partial charge on any atom is 0.303 e. The van der Waals surface area contributed by atoms with Crippen LogP contribution in [-0.4, -0.2) is 34.5 Å². The van der Waals surface area contributed by atoms with Crippen LogP contribution in [0, 0.1) is 0 Å². The number of carbonyl (C=O) groups excluding carboxylic acids is 1. The van der Waals surface area contributed by atoms with Crippen molar-refractivity contribution in [3.8, 4) is 0 Å². The molecule has 0 spiro atoms. The number of rotatable bonds is 4. The molecule has 1 amide bonds. The summed E-state index contributed by atoms with van der Waals surface area (Å²) < 4.78 is 5.65. The van der Waals surface area contributed by atoms with E-state index in [0.29, 0.717) is 24.3 Å². The average Bonchev–Trinajstić information content (AvgIpc) is 2.96. The van der Waals surface area contributed by atoms with E-state index in [9.17, 15) is 9.59 Å². The van der Waals surface area contributed by atoms with E-state index in [1.54, 1.807) is 11.0 Å². The zero-order valence-corrected chi connectivity index (χ0v) is 12.3. The van der Waals surface area contributed by atoms with Gasteiger partial charge in [0.05, 0.1) is 0 Å². The lowest BCUT2D eigenvalue weighted by atomic mass is 9.97. The Morgan fingerprint density at radius 3 is 2.86 bits per heavy atom. The van der Waals surface area contributed by atoms with Gasteiger partial charge in [0.15, 0.2) is 5.76 Å². The minimum atomic E-state index is -0.818. The first kappa shape index (κ1) is 14.6. The van der Waals surface area contributed by atoms with Crippen LogP contribution in [0.3, 0.4) is 0 Å². The third-order valence-corrected chi connectivity index (χ3v) is 4.22. The highest BCUT2D eigenvalue weighted by Crippen LogP contribution is 2.26. The molecule has 3 rings (SSSR count). The van der Waals surface area contributed by atoms with Gasteiger partial charge in [-0.2, -0.15) is 0 Å². The number of carboxylic acids is 1. The van der Waals surface area contributed by atoms with E-state index in [4.69, 9.17) is 9.52 Å². The maximum atomic E-state index is 12.7. The highest BCUT2D eigenvalue weighted by Gasteiger charge is 2.29. The Balaban J connectivity index is 1.80. The fourth-order valence-electron chi connectivity index (χ4n) is 3.09. The van der Waals surface area contributed by atoms with Gasteiger partial charge in [-0.3, -0.25) is 9.59 Å². The lowest BCUT2D eigenvalue weighted by Crippen LogP contribution is -2.43. The summed E-state index contributed by atoms with van der Waals surface area (Å²) in [5.41, 5.74) is 0.699. The number of para-hydroxylation sites is 1. The monoisotopic (exact) mass is 301 g/mol. The Morgan fingerprint density at radius 1 is 1.27 bits per heavy atom. The Bertz CT molecular complexity index is 658. The van der Waals surface area contributed by atoms with E-state index in [1.165, 1.54) is 0 Å². The van der Waals surface area contributed by atoms with Gasteiger partial charge in [-0.15, -0.1) is 0 Å². The molecule has 0 saturated carbocycles. The number of amides is 1. The van der Waals surface area contributed by atoms with E-state index in [-0.39, 0.29) is 18.4 Å². The van der Waals surface area contributed by atoms with E-state index in [1.807, 2.05) is 24.3 Å². The average molecular weight is 301 g/mol. The molecule has 1 atom stereocenters. The van der Waals surface area contributed by atoms with Crippen molar-refractivity contribution in [3.05, 3.63) is 36.1 Å². The number of fused-ring (bicyclic) bond motifs is 1. The molecule has 1 aliphatic rings. The molecule has 116 valence electrons. The van der Waals surface area contributed by atoms with Crippen molar-refractivity contribution in [2.75, 3.05) is 6.54 Å². The van der Waals surface area contributed by atoms with Crippen LogP contribution in [0.1, 0.15) is 42.7 Å². The van der Waals surface area contributed by atoms with Crippen LogP contribution in [0.5, 0.6) is 0 Å². The molecule has 0 bridgehead atoms. The molecule has 1 N–H and O–H groups in total. The van der Waals surface area contributed by atoms with E-state index in [0.717, 1.165) is 24.6 Å². The Morgan fingerprint density at radius 2 is 2.09 bits per heavy atom.